The Bertz CT molecular complexity index is 5020. The maximum absolute atomic E-state index is 13.8. The van der Waals surface area contributed by atoms with Gasteiger partial charge in [-0.15, -0.1) is 13.2 Å². The minimum Gasteiger partial charge on any atom is -0.503 e. The van der Waals surface area contributed by atoms with Gasteiger partial charge in [0.05, 0.1) is 36.5 Å². The van der Waals surface area contributed by atoms with Crippen LogP contribution in [0.15, 0.2) is 194 Å². The average molecular weight is 1610 g/mol. The zero-order valence-electron chi connectivity index (χ0n) is 61.2. The Hall–Kier alpha value is -10.2. The van der Waals surface area contributed by atoms with Gasteiger partial charge in [0.1, 0.15) is 11.6 Å². The number of hydrogen-bond donors (Lipinski definition) is 5. The van der Waals surface area contributed by atoms with Crippen LogP contribution in [0.3, 0.4) is 0 Å². The summed E-state index contributed by atoms with van der Waals surface area (Å²) in [6.45, 7) is 19.7. The zero-order chi connectivity index (χ0) is 80.5. The Morgan fingerprint density at radius 3 is 0.911 bits per heavy atom. The van der Waals surface area contributed by atoms with Crippen molar-refractivity contribution in [1.82, 2.24) is 47.3 Å². The summed E-state index contributed by atoms with van der Waals surface area (Å²) in [6, 6.07) is 37.0. The molecular formula is C81H82Cl3F7N10O11. The van der Waals surface area contributed by atoms with Gasteiger partial charge in [0.2, 0.25) is 27.1 Å². The standard InChI is InChI=1S/C19H24N2O2.C16H15F3N2O3.C16H15F3N2O2.C15H14Cl2N2O2.C15H14ClFN2O2/c1-19(2,3)15-6-4-14(5-7-15)11-20-8-9-21-13-18(23)17(22)10-16(21)12-20;17-16(18,19)24-13-3-1-11(2-4-13)8-20-5-6-21-10-15(23)14(22)7-12(21)9-20;17-16(18,19)12-3-1-11(2-4-12)8-20-5-6-21-10-15(23)14(22)7-13(21)9-20;2*16-12-2-1-3-13(17)11(12)8-18-4-5-19-9-15(21)14(20)6-10(19)7-18/h4-7,10,13,23H,8-9,11-12H2,1-3H3;1-4,7,10,23H,5-6,8-9H2;1-4,7,10,23H,5-6,8-9H2;2*1-3,6,9,21H,4-5,7-8H2. The summed E-state index contributed by atoms with van der Waals surface area (Å²) in [5, 5.41) is 49.0. The van der Waals surface area contributed by atoms with Gasteiger partial charge >= 0.3 is 12.5 Å². The van der Waals surface area contributed by atoms with E-state index in [2.05, 4.69) is 69.4 Å². The van der Waals surface area contributed by atoms with Crippen molar-refractivity contribution in [2.45, 2.75) is 137 Å². The highest BCUT2D eigenvalue weighted by Crippen LogP contribution is 2.32. The lowest BCUT2D eigenvalue weighted by Crippen LogP contribution is -2.34. The van der Waals surface area contributed by atoms with Gasteiger partial charge in [0.25, 0.3) is 0 Å². The molecular weight excluding hydrogens is 1530 g/mol. The fraction of sp³-hybridized carbons (Fsp3) is 0.321. The van der Waals surface area contributed by atoms with Crippen LogP contribution in [0.4, 0.5) is 30.7 Å². The summed E-state index contributed by atoms with van der Waals surface area (Å²) in [4.78, 5) is 68.3. The summed E-state index contributed by atoms with van der Waals surface area (Å²) in [5.74, 6) is -1.74. The number of benzene rings is 5. The number of hydrogen-bond acceptors (Lipinski definition) is 16. The van der Waals surface area contributed by atoms with Gasteiger partial charge in [-0.25, -0.2) is 4.39 Å². The molecule has 0 atom stereocenters. The minimum absolute atomic E-state index is 0.167. The SMILES string of the molecule is CC(C)(C)c1ccc(CN2CCn3cc(O)c(=O)cc3C2)cc1.O=c1cc2n(cc1O)CCN(Cc1c(Cl)cccc1Cl)C2.O=c1cc2n(cc1O)CCN(Cc1c(F)cccc1Cl)C2.O=c1cc2n(cc1O)CCN(Cc1ccc(C(F)(F)F)cc1)C2.O=c1cc2n(cc1O)CCN(Cc1ccc(OC(F)(F)F)cc1)C2. The Balaban J connectivity index is 0.000000139. The molecule has 0 fully saturated rings. The number of pyridine rings is 5. The van der Waals surface area contributed by atoms with E-state index in [9.17, 15) is 80.2 Å². The van der Waals surface area contributed by atoms with Gasteiger partial charge < -0.3 is 53.1 Å². The highest BCUT2D eigenvalue weighted by Gasteiger charge is 2.32. The van der Waals surface area contributed by atoms with Crippen molar-refractivity contribution in [3.63, 3.8) is 0 Å². The maximum Gasteiger partial charge on any atom is 0.573 e. The third-order valence-corrected chi connectivity index (χ3v) is 20.6. The summed E-state index contributed by atoms with van der Waals surface area (Å²) in [7, 11) is 0. The molecule has 5 aromatic heterocycles. The average Bonchev–Trinajstić information content (AvgIpc) is 0.822. The molecule has 10 heterocycles. The number of halogens is 10. The number of aromatic nitrogens is 5. The topological polar surface area (TPSA) is 237 Å². The first kappa shape index (κ1) is 82.8. The quantitative estimate of drug-likeness (QED) is 0.0757. The Morgan fingerprint density at radius 2 is 0.625 bits per heavy atom. The van der Waals surface area contributed by atoms with E-state index in [0.717, 1.165) is 90.0 Å². The number of alkyl halides is 6. The predicted molar refractivity (Wildman–Crippen MR) is 410 cm³/mol. The van der Waals surface area contributed by atoms with Crippen molar-refractivity contribution in [2.75, 3.05) is 32.7 Å². The van der Waals surface area contributed by atoms with Crippen molar-refractivity contribution >= 4 is 34.8 Å². The first-order chi connectivity index (χ1) is 53.0. The zero-order valence-corrected chi connectivity index (χ0v) is 63.5. The first-order valence-electron chi connectivity index (χ1n) is 35.7. The van der Waals surface area contributed by atoms with Crippen molar-refractivity contribution in [1.29, 1.82) is 0 Å². The molecule has 5 aliphatic rings. The first-order valence-corrected chi connectivity index (χ1v) is 36.9. The molecule has 5 N–H and O–H groups in total. The van der Waals surface area contributed by atoms with E-state index < -0.39 is 34.4 Å². The molecule has 31 heteroatoms. The van der Waals surface area contributed by atoms with E-state index in [1.54, 1.807) is 36.5 Å². The Kier molecular flexibility index (Phi) is 26.4. The summed E-state index contributed by atoms with van der Waals surface area (Å²) in [5.41, 5.74) is 7.47. The normalized spacial score (nSPS) is 15.2. The van der Waals surface area contributed by atoms with E-state index in [1.807, 2.05) is 45.9 Å². The van der Waals surface area contributed by atoms with Crippen LogP contribution in [0.2, 0.25) is 15.1 Å². The van der Waals surface area contributed by atoms with Crippen LogP contribution in [0.1, 0.15) is 88.2 Å². The second kappa shape index (κ2) is 35.7. The lowest BCUT2D eigenvalue weighted by molar-refractivity contribution is -0.274. The van der Waals surface area contributed by atoms with E-state index in [-0.39, 0.29) is 56.6 Å². The van der Waals surface area contributed by atoms with Crippen LogP contribution in [0, 0.1) is 5.82 Å². The second-order valence-electron chi connectivity index (χ2n) is 28.8. The number of ether oxygens (including phenoxy) is 1. The molecule has 21 nitrogen and oxygen atoms in total. The van der Waals surface area contributed by atoms with Gasteiger partial charge in [-0.2, -0.15) is 13.2 Å². The van der Waals surface area contributed by atoms with E-state index >= 15 is 0 Å². The van der Waals surface area contributed by atoms with Gasteiger partial charge in [0, 0.05) is 216 Å². The Labute approximate surface area is 653 Å². The molecule has 0 radical (unpaired) electrons. The molecule has 592 valence electrons. The smallest absolute Gasteiger partial charge is 0.503 e. The minimum atomic E-state index is -4.70. The van der Waals surface area contributed by atoms with Gasteiger partial charge in [-0.05, 0) is 76.2 Å². The molecule has 0 spiro atoms. The van der Waals surface area contributed by atoms with Gasteiger partial charge in [-0.3, -0.25) is 48.5 Å². The summed E-state index contributed by atoms with van der Waals surface area (Å²) < 4.78 is 101. The van der Waals surface area contributed by atoms with E-state index in [4.69, 9.17) is 34.8 Å². The van der Waals surface area contributed by atoms with Crippen molar-refractivity contribution in [2.24, 2.45) is 0 Å². The molecule has 15 rings (SSSR count). The molecule has 0 unspecified atom stereocenters. The van der Waals surface area contributed by atoms with Gasteiger partial charge in [0.15, 0.2) is 28.7 Å². The van der Waals surface area contributed by atoms with Crippen molar-refractivity contribution < 1.29 is 61.0 Å². The molecule has 0 amide bonds. The highest BCUT2D eigenvalue weighted by atomic mass is 35.5. The lowest BCUT2D eigenvalue weighted by atomic mass is 9.87. The van der Waals surface area contributed by atoms with Gasteiger partial charge in [-0.1, -0.05) is 116 Å². The highest BCUT2D eigenvalue weighted by molar-refractivity contribution is 6.36. The summed E-state index contributed by atoms with van der Waals surface area (Å²) in [6.07, 6.45) is -1.68. The van der Waals surface area contributed by atoms with Crippen LogP contribution < -0.4 is 31.9 Å². The second-order valence-corrected chi connectivity index (χ2v) is 30.0. The van der Waals surface area contributed by atoms with Crippen molar-refractivity contribution in [3.05, 3.63) is 310 Å². The molecule has 0 aliphatic carbocycles. The van der Waals surface area contributed by atoms with E-state index in [1.165, 1.54) is 90.5 Å². The summed E-state index contributed by atoms with van der Waals surface area (Å²) >= 11 is 18.4. The number of fused-ring (bicyclic) bond motifs is 5. The molecule has 10 aromatic rings. The number of rotatable bonds is 11. The van der Waals surface area contributed by atoms with Crippen LogP contribution >= 0.6 is 34.8 Å². The number of aromatic hydroxyl groups is 5. The van der Waals surface area contributed by atoms with Crippen LogP contribution in [0.25, 0.3) is 0 Å². The van der Waals surface area contributed by atoms with Crippen molar-refractivity contribution in [3.8, 4) is 34.5 Å². The molecule has 5 aliphatic heterocycles. The van der Waals surface area contributed by atoms with Crippen LogP contribution in [0.5, 0.6) is 34.5 Å². The Morgan fingerprint density at radius 1 is 0.357 bits per heavy atom. The molecule has 5 aromatic carbocycles. The molecule has 0 saturated heterocycles. The monoisotopic (exact) mass is 1610 g/mol. The number of nitrogens with zero attached hydrogens (tertiary/aromatic N) is 10. The molecule has 112 heavy (non-hydrogen) atoms. The maximum atomic E-state index is 13.8. The third-order valence-electron chi connectivity index (χ3n) is 19.6. The van der Waals surface area contributed by atoms with Crippen LogP contribution in [-0.2, 0) is 110 Å². The fourth-order valence-electron chi connectivity index (χ4n) is 13.5. The van der Waals surface area contributed by atoms with E-state index in [0.29, 0.717) is 119 Å². The largest absolute Gasteiger partial charge is 0.573 e. The fourth-order valence-corrected chi connectivity index (χ4v) is 14.2. The lowest BCUT2D eigenvalue weighted by Gasteiger charge is -2.30. The molecule has 0 bridgehead atoms. The predicted octanol–water partition coefficient (Wildman–Crippen LogP) is 13.2. The molecule has 0 saturated carbocycles. The third kappa shape index (κ3) is 22.1. The van der Waals surface area contributed by atoms with Crippen LogP contribution in [-0.4, -0.2) is 112 Å².